The van der Waals surface area contributed by atoms with Crippen molar-refractivity contribution in [3.8, 4) is 16.9 Å². The summed E-state index contributed by atoms with van der Waals surface area (Å²) in [6, 6.07) is 9.29. The van der Waals surface area contributed by atoms with E-state index in [9.17, 15) is 4.79 Å². The second kappa shape index (κ2) is 9.25. The topological polar surface area (TPSA) is 98.8 Å². The van der Waals surface area contributed by atoms with Gasteiger partial charge in [-0.25, -0.2) is 4.79 Å². The van der Waals surface area contributed by atoms with Crippen molar-refractivity contribution in [3.05, 3.63) is 70.4 Å². The number of methoxy groups -OCH3 is 1. The summed E-state index contributed by atoms with van der Waals surface area (Å²) in [5.74, 6) is 1.36. The smallest absolute Gasteiger partial charge is 0.327 e. The molecule has 5 aromatic rings. The summed E-state index contributed by atoms with van der Waals surface area (Å²) >= 11 is 0. The first-order valence-electron chi connectivity index (χ1n) is 9.94. The maximum atomic E-state index is 12.9. The van der Waals surface area contributed by atoms with E-state index in [2.05, 4.69) is 20.1 Å². The van der Waals surface area contributed by atoms with Crippen molar-refractivity contribution < 1.29 is 9.26 Å². The van der Waals surface area contributed by atoms with E-state index in [0.29, 0.717) is 17.0 Å². The summed E-state index contributed by atoms with van der Waals surface area (Å²) in [6.45, 7) is 5.72. The molecule has 33 heavy (non-hydrogen) atoms. The predicted octanol–water partition coefficient (Wildman–Crippen LogP) is 5.01. The van der Waals surface area contributed by atoms with Gasteiger partial charge in [-0.3, -0.25) is 14.5 Å². The lowest BCUT2D eigenvalue weighted by molar-refractivity contribution is 0.393. The van der Waals surface area contributed by atoms with Crippen LogP contribution in [0.1, 0.15) is 30.1 Å². The summed E-state index contributed by atoms with van der Waals surface area (Å²) in [6.07, 6.45) is 3.41. The molecular weight excluding hydrogens is 465 g/mol. The Morgan fingerprint density at radius 2 is 1.94 bits per heavy atom. The van der Waals surface area contributed by atoms with Crippen LogP contribution in [0.25, 0.3) is 33.1 Å². The highest BCUT2D eigenvalue weighted by Gasteiger charge is 2.22. The van der Waals surface area contributed by atoms with Crippen LogP contribution >= 0.6 is 24.8 Å². The Hall–Kier alpha value is -3.36. The van der Waals surface area contributed by atoms with Crippen molar-refractivity contribution in [2.75, 3.05) is 7.11 Å². The van der Waals surface area contributed by atoms with E-state index in [1.807, 2.05) is 51.1 Å². The van der Waals surface area contributed by atoms with Crippen molar-refractivity contribution in [2.24, 2.45) is 0 Å². The number of halogens is 2. The summed E-state index contributed by atoms with van der Waals surface area (Å²) in [5.41, 5.74) is 5.26. The Kier molecular flexibility index (Phi) is 6.81. The number of benzene rings is 1. The molecule has 4 aromatic heterocycles. The number of hydrogen-bond acceptors (Lipinski definition) is 6. The molecule has 1 aromatic carbocycles. The van der Waals surface area contributed by atoms with Gasteiger partial charge in [-0.2, -0.15) is 0 Å². The Balaban J connectivity index is 0.00000153. The number of nitrogens with one attached hydrogen (secondary N) is 1. The Labute approximate surface area is 201 Å². The predicted molar refractivity (Wildman–Crippen MR) is 132 cm³/mol. The standard InChI is InChI=1S/C23H21N5O3.2ClH/c1-12-21(14(3)31-27-12)16-9-18-15(10-20(16)30-4)22-19(11-25-18)26-23(29)28(22)13(2)17-7-5-6-8-24-17;;/h5-11,13H,1-4H3,(H,26,29);2*1H/t13-;;/m1../s1. The lowest BCUT2D eigenvalue weighted by Gasteiger charge is -2.15. The molecule has 0 fully saturated rings. The number of aromatic amines is 1. The van der Waals surface area contributed by atoms with Gasteiger partial charge in [0.1, 0.15) is 11.5 Å². The minimum absolute atomic E-state index is 0. The number of hydrogen-bond donors (Lipinski definition) is 1. The van der Waals surface area contributed by atoms with E-state index in [1.54, 1.807) is 24.1 Å². The van der Waals surface area contributed by atoms with Crippen molar-refractivity contribution in [2.45, 2.75) is 26.8 Å². The van der Waals surface area contributed by atoms with Crippen LogP contribution in [0.15, 0.2) is 52.0 Å². The average molecular weight is 488 g/mol. The quantitative estimate of drug-likeness (QED) is 0.382. The van der Waals surface area contributed by atoms with Gasteiger partial charge in [0.25, 0.3) is 0 Å². The molecule has 1 N–H and O–H groups in total. The molecule has 0 bridgehead atoms. The van der Waals surface area contributed by atoms with Gasteiger partial charge in [-0.1, -0.05) is 11.2 Å². The van der Waals surface area contributed by atoms with Crippen LogP contribution in [-0.4, -0.2) is 31.8 Å². The van der Waals surface area contributed by atoms with Crippen molar-refractivity contribution in [1.82, 2.24) is 24.7 Å². The van der Waals surface area contributed by atoms with Gasteiger partial charge in [-0.15, -0.1) is 24.8 Å². The normalized spacial score (nSPS) is 11.8. The van der Waals surface area contributed by atoms with Gasteiger partial charge in [0.05, 0.1) is 52.8 Å². The van der Waals surface area contributed by atoms with Crippen molar-refractivity contribution >= 4 is 46.8 Å². The molecule has 4 heterocycles. The maximum absolute atomic E-state index is 12.9. The molecule has 1 atom stereocenters. The summed E-state index contributed by atoms with van der Waals surface area (Å²) in [4.78, 5) is 24.8. The monoisotopic (exact) mass is 487 g/mol. The van der Waals surface area contributed by atoms with Crippen LogP contribution in [0.2, 0.25) is 0 Å². The highest BCUT2D eigenvalue weighted by Crippen LogP contribution is 2.39. The van der Waals surface area contributed by atoms with E-state index < -0.39 is 0 Å². The Bertz CT molecular complexity index is 1470. The number of pyridine rings is 2. The summed E-state index contributed by atoms with van der Waals surface area (Å²) in [7, 11) is 1.62. The number of aryl methyl sites for hydroxylation is 2. The molecule has 0 spiro atoms. The molecular formula is C23H23Cl2N5O3. The van der Waals surface area contributed by atoms with Crippen LogP contribution in [0.5, 0.6) is 5.75 Å². The van der Waals surface area contributed by atoms with Crippen LogP contribution in [0.4, 0.5) is 0 Å². The fourth-order valence-corrected chi connectivity index (χ4v) is 4.19. The van der Waals surface area contributed by atoms with E-state index in [1.165, 1.54) is 0 Å². The molecule has 0 aliphatic rings. The Morgan fingerprint density at radius 1 is 1.15 bits per heavy atom. The van der Waals surface area contributed by atoms with Crippen LogP contribution in [-0.2, 0) is 0 Å². The minimum Gasteiger partial charge on any atom is -0.496 e. The zero-order valence-corrected chi connectivity index (χ0v) is 20.1. The number of imidazole rings is 1. The number of aromatic nitrogens is 5. The first-order chi connectivity index (χ1) is 15.0. The third-order valence-corrected chi connectivity index (χ3v) is 5.67. The molecule has 8 nitrogen and oxygen atoms in total. The van der Waals surface area contributed by atoms with Crippen LogP contribution in [0.3, 0.4) is 0 Å². The highest BCUT2D eigenvalue weighted by atomic mass is 35.5. The molecule has 0 saturated heterocycles. The van der Waals surface area contributed by atoms with Crippen LogP contribution < -0.4 is 10.4 Å². The first kappa shape index (κ1) is 24.3. The zero-order valence-electron chi connectivity index (χ0n) is 18.4. The van der Waals surface area contributed by atoms with Gasteiger partial charge in [-0.05, 0) is 45.0 Å². The molecule has 0 saturated carbocycles. The SMILES string of the molecule is COc1cc2c(cc1-c1c(C)noc1C)ncc1[nH]c(=O)n([C@H](C)c3ccccn3)c12.Cl.Cl. The lowest BCUT2D eigenvalue weighted by Crippen LogP contribution is -2.21. The minimum atomic E-state index is -0.263. The third kappa shape index (κ3) is 3.85. The van der Waals surface area contributed by atoms with Crippen LogP contribution in [0, 0.1) is 13.8 Å². The lowest BCUT2D eigenvalue weighted by atomic mass is 10.0. The van der Waals surface area contributed by atoms with Gasteiger partial charge < -0.3 is 14.2 Å². The second-order valence-corrected chi connectivity index (χ2v) is 7.52. The van der Waals surface area contributed by atoms with Gasteiger partial charge in [0.15, 0.2) is 0 Å². The van der Waals surface area contributed by atoms with E-state index in [-0.39, 0.29) is 36.5 Å². The molecule has 10 heteroatoms. The Morgan fingerprint density at radius 3 is 2.58 bits per heavy atom. The molecule has 0 aliphatic carbocycles. The molecule has 0 unspecified atom stereocenters. The first-order valence-corrected chi connectivity index (χ1v) is 9.94. The van der Waals surface area contributed by atoms with Gasteiger partial charge in [0, 0.05) is 17.1 Å². The molecule has 0 radical (unpaired) electrons. The molecule has 172 valence electrons. The maximum Gasteiger partial charge on any atom is 0.327 e. The fourth-order valence-electron chi connectivity index (χ4n) is 4.19. The molecule has 0 amide bonds. The number of fused-ring (bicyclic) bond motifs is 3. The highest BCUT2D eigenvalue weighted by molar-refractivity contribution is 6.04. The molecule has 0 aliphatic heterocycles. The number of nitrogens with zero attached hydrogens (tertiary/aromatic N) is 4. The average Bonchev–Trinajstić information content (AvgIpc) is 3.30. The zero-order chi connectivity index (χ0) is 21.7. The summed E-state index contributed by atoms with van der Waals surface area (Å²) in [5, 5.41) is 4.87. The number of ether oxygens (including phenoxy) is 1. The van der Waals surface area contributed by atoms with Crippen molar-refractivity contribution in [3.63, 3.8) is 0 Å². The number of rotatable bonds is 4. The molecule has 5 rings (SSSR count). The third-order valence-electron chi connectivity index (χ3n) is 5.67. The summed E-state index contributed by atoms with van der Waals surface area (Å²) < 4.78 is 12.8. The van der Waals surface area contributed by atoms with Crippen molar-refractivity contribution in [1.29, 1.82) is 0 Å². The largest absolute Gasteiger partial charge is 0.496 e. The number of H-pyrrole nitrogens is 1. The van der Waals surface area contributed by atoms with Gasteiger partial charge in [0.2, 0.25) is 0 Å². The van der Waals surface area contributed by atoms with E-state index >= 15 is 0 Å². The van der Waals surface area contributed by atoms with E-state index in [0.717, 1.165) is 38.9 Å². The van der Waals surface area contributed by atoms with E-state index in [4.69, 9.17) is 9.26 Å². The second-order valence-electron chi connectivity index (χ2n) is 7.52. The van der Waals surface area contributed by atoms with Gasteiger partial charge >= 0.3 is 5.69 Å². The fraction of sp³-hybridized carbons (Fsp3) is 0.217.